The lowest BCUT2D eigenvalue weighted by Crippen LogP contribution is -2.48. The van der Waals surface area contributed by atoms with Crippen LogP contribution in [0.3, 0.4) is 0 Å². The van der Waals surface area contributed by atoms with Crippen molar-refractivity contribution in [2.24, 2.45) is 0 Å². The Labute approximate surface area is 172 Å². The zero-order valence-corrected chi connectivity index (χ0v) is 17.3. The second-order valence-corrected chi connectivity index (χ2v) is 7.96. The van der Waals surface area contributed by atoms with Gasteiger partial charge in [-0.15, -0.1) is 0 Å². The summed E-state index contributed by atoms with van der Waals surface area (Å²) < 4.78 is 14.1. The van der Waals surface area contributed by atoms with Crippen LogP contribution in [0, 0.1) is 12.7 Å². The van der Waals surface area contributed by atoms with Crippen molar-refractivity contribution in [1.29, 1.82) is 0 Å². The Hall–Kier alpha value is -2.57. The lowest BCUT2D eigenvalue weighted by atomic mass is 10.0. The van der Waals surface area contributed by atoms with Gasteiger partial charge >= 0.3 is 0 Å². The van der Waals surface area contributed by atoms with Crippen LogP contribution in [-0.4, -0.2) is 53.3 Å². The van der Waals surface area contributed by atoms with Crippen LogP contribution in [0.25, 0.3) is 0 Å². The van der Waals surface area contributed by atoms with E-state index < -0.39 is 0 Å². The number of hydrogen-bond donors (Lipinski definition) is 2. The molecule has 1 aromatic rings. The average Bonchev–Trinajstić information content (AvgIpc) is 3.04. The standard InChI is InChI=1S/C22H31FN4O2/c1-4-5-21(28)24-16(3)26-11-8-17(9-12-26)27-13-10-20(22(27)29)25-19-7-6-15(2)14-18(19)23/h6-7,14,17,20,25H,3-5,8-13H2,1-2H3,(H,24,28)/t20-/m0/s1. The van der Waals surface area contributed by atoms with E-state index in [0.717, 1.165) is 37.9 Å². The van der Waals surface area contributed by atoms with E-state index in [1.807, 2.05) is 24.8 Å². The van der Waals surface area contributed by atoms with Gasteiger partial charge in [-0.25, -0.2) is 4.39 Å². The number of likely N-dealkylation sites (tertiary alicyclic amines) is 2. The highest BCUT2D eigenvalue weighted by atomic mass is 19.1. The minimum atomic E-state index is -0.381. The number of halogens is 1. The molecule has 2 fully saturated rings. The van der Waals surface area contributed by atoms with Crippen LogP contribution in [0.2, 0.25) is 0 Å². The quantitative estimate of drug-likeness (QED) is 0.736. The zero-order valence-electron chi connectivity index (χ0n) is 17.3. The molecular formula is C22H31FN4O2. The summed E-state index contributed by atoms with van der Waals surface area (Å²) in [5.74, 6) is 0.349. The third-order valence-electron chi connectivity index (χ3n) is 5.74. The monoisotopic (exact) mass is 402 g/mol. The van der Waals surface area contributed by atoms with Crippen LogP contribution in [0.5, 0.6) is 0 Å². The molecule has 0 aromatic heterocycles. The second-order valence-electron chi connectivity index (χ2n) is 7.96. The summed E-state index contributed by atoms with van der Waals surface area (Å²) in [5.41, 5.74) is 1.23. The van der Waals surface area contributed by atoms with Gasteiger partial charge in [0.05, 0.1) is 5.69 Å². The van der Waals surface area contributed by atoms with Gasteiger partial charge in [-0.2, -0.15) is 0 Å². The van der Waals surface area contributed by atoms with Gasteiger partial charge in [0.25, 0.3) is 0 Å². The maximum Gasteiger partial charge on any atom is 0.245 e. The molecule has 0 aliphatic carbocycles. The van der Waals surface area contributed by atoms with Gasteiger partial charge in [-0.3, -0.25) is 9.59 Å². The summed E-state index contributed by atoms with van der Waals surface area (Å²) in [4.78, 5) is 28.6. The van der Waals surface area contributed by atoms with Crippen LogP contribution in [0.15, 0.2) is 30.6 Å². The predicted molar refractivity (Wildman–Crippen MR) is 112 cm³/mol. The number of hydrogen-bond acceptors (Lipinski definition) is 4. The molecule has 0 unspecified atom stereocenters. The molecule has 0 spiro atoms. The summed E-state index contributed by atoms with van der Waals surface area (Å²) in [5, 5.41) is 5.93. The lowest BCUT2D eigenvalue weighted by Gasteiger charge is -2.38. The van der Waals surface area contributed by atoms with Crippen LogP contribution in [0.4, 0.5) is 10.1 Å². The second kappa shape index (κ2) is 9.29. The van der Waals surface area contributed by atoms with E-state index in [9.17, 15) is 14.0 Å². The van der Waals surface area contributed by atoms with Crippen LogP contribution < -0.4 is 10.6 Å². The summed E-state index contributed by atoms with van der Waals surface area (Å²) >= 11 is 0. The molecule has 2 aliphatic heterocycles. The molecule has 3 rings (SSSR count). The first-order valence-corrected chi connectivity index (χ1v) is 10.5. The number of carbonyl (C=O) groups is 2. The number of piperidine rings is 1. The Bertz CT molecular complexity index is 774. The third kappa shape index (κ3) is 5.08. The highest BCUT2D eigenvalue weighted by Gasteiger charge is 2.37. The lowest BCUT2D eigenvalue weighted by molar-refractivity contribution is -0.131. The number of aryl methyl sites for hydroxylation is 1. The van der Waals surface area contributed by atoms with E-state index in [1.165, 1.54) is 6.07 Å². The number of nitrogens with one attached hydrogen (secondary N) is 2. The third-order valence-corrected chi connectivity index (χ3v) is 5.74. The highest BCUT2D eigenvalue weighted by molar-refractivity contribution is 5.87. The van der Waals surface area contributed by atoms with Crippen molar-refractivity contribution in [3.05, 3.63) is 42.0 Å². The molecule has 2 N–H and O–H groups in total. The first kappa shape index (κ1) is 21.1. The minimum absolute atomic E-state index is 0.00778. The maximum absolute atomic E-state index is 14.1. The fourth-order valence-corrected chi connectivity index (χ4v) is 4.10. The maximum atomic E-state index is 14.1. The van der Waals surface area contributed by atoms with Crippen molar-refractivity contribution in [1.82, 2.24) is 15.1 Å². The molecule has 6 nitrogen and oxygen atoms in total. The van der Waals surface area contributed by atoms with Crippen LogP contribution in [-0.2, 0) is 9.59 Å². The Balaban J connectivity index is 1.51. The largest absolute Gasteiger partial charge is 0.371 e. The molecule has 1 aromatic carbocycles. The van der Waals surface area contributed by atoms with Crippen molar-refractivity contribution in [3.8, 4) is 0 Å². The molecule has 29 heavy (non-hydrogen) atoms. The van der Waals surface area contributed by atoms with Gasteiger partial charge < -0.3 is 20.4 Å². The molecule has 1 atom stereocenters. The zero-order chi connectivity index (χ0) is 21.0. The topological polar surface area (TPSA) is 64.7 Å². The first-order valence-electron chi connectivity index (χ1n) is 10.5. The molecule has 0 radical (unpaired) electrons. The highest BCUT2D eigenvalue weighted by Crippen LogP contribution is 2.26. The predicted octanol–water partition coefficient (Wildman–Crippen LogP) is 3.00. The van der Waals surface area contributed by atoms with Crippen molar-refractivity contribution >= 4 is 17.5 Å². The van der Waals surface area contributed by atoms with E-state index in [4.69, 9.17) is 0 Å². The number of amides is 2. The SMILES string of the molecule is C=C(NC(=O)CCC)N1CCC(N2CC[C@H](Nc3ccc(C)cc3F)C2=O)CC1. The van der Waals surface area contributed by atoms with E-state index in [1.54, 1.807) is 6.07 Å². The summed E-state index contributed by atoms with van der Waals surface area (Å²) in [6, 6.07) is 4.80. The summed E-state index contributed by atoms with van der Waals surface area (Å²) in [6.07, 6.45) is 3.64. The normalized spacial score (nSPS) is 20.1. The summed E-state index contributed by atoms with van der Waals surface area (Å²) in [6.45, 7) is 9.98. The Morgan fingerprint density at radius 3 is 2.62 bits per heavy atom. The van der Waals surface area contributed by atoms with E-state index in [-0.39, 0.29) is 29.7 Å². The number of nitrogens with zero attached hydrogens (tertiary/aromatic N) is 2. The van der Waals surface area contributed by atoms with Gasteiger partial charge in [0.1, 0.15) is 17.7 Å². The molecule has 2 saturated heterocycles. The first-order chi connectivity index (χ1) is 13.9. The van der Waals surface area contributed by atoms with Crippen molar-refractivity contribution < 1.29 is 14.0 Å². The molecule has 0 bridgehead atoms. The number of anilines is 1. The van der Waals surface area contributed by atoms with Crippen LogP contribution >= 0.6 is 0 Å². The average molecular weight is 403 g/mol. The Kier molecular flexibility index (Phi) is 6.77. The number of carbonyl (C=O) groups excluding carboxylic acids is 2. The Morgan fingerprint density at radius 1 is 1.24 bits per heavy atom. The number of rotatable bonds is 7. The molecule has 0 saturated carbocycles. The Morgan fingerprint density at radius 2 is 1.97 bits per heavy atom. The smallest absolute Gasteiger partial charge is 0.245 e. The molecular weight excluding hydrogens is 371 g/mol. The molecule has 7 heteroatoms. The van der Waals surface area contributed by atoms with Gasteiger partial charge in [0.15, 0.2) is 0 Å². The van der Waals surface area contributed by atoms with Crippen molar-refractivity contribution in [3.63, 3.8) is 0 Å². The van der Waals surface area contributed by atoms with Crippen molar-refractivity contribution in [2.45, 2.75) is 58.0 Å². The number of benzene rings is 1. The van der Waals surface area contributed by atoms with Gasteiger partial charge in [0.2, 0.25) is 11.8 Å². The van der Waals surface area contributed by atoms with Gasteiger partial charge in [0, 0.05) is 32.1 Å². The molecule has 2 amide bonds. The molecule has 2 heterocycles. The summed E-state index contributed by atoms with van der Waals surface area (Å²) in [7, 11) is 0. The molecule has 2 aliphatic rings. The van der Waals surface area contributed by atoms with E-state index in [2.05, 4.69) is 22.1 Å². The molecule has 158 valence electrons. The fourth-order valence-electron chi connectivity index (χ4n) is 4.10. The van der Waals surface area contributed by atoms with E-state index in [0.29, 0.717) is 30.9 Å². The minimum Gasteiger partial charge on any atom is -0.371 e. The van der Waals surface area contributed by atoms with Crippen LogP contribution in [0.1, 0.15) is 44.6 Å². The van der Waals surface area contributed by atoms with Crippen molar-refractivity contribution in [2.75, 3.05) is 25.0 Å². The van der Waals surface area contributed by atoms with Gasteiger partial charge in [-0.1, -0.05) is 19.6 Å². The van der Waals surface area contributed by atoms with E-state index >= 15 is 0 Å². The fraction of sp³-hybridized carbons (Fsp3) is 0.545. The van der Waals surface area contributed by atoms with Gasteiger partial charge in [-0.05, 0) is 50.3 Å².